The highest BCUT2D eigenvalue weighted by atomic mass is 19.3. The minimum Gasteiger partial charge on any atom is -0.493 e. The van der Waals surface area contributed by atoms with Gasteiger partial charge in [-0.15, -0.1) is 0 Å². The van der Waals surface area contributed by atoms with Gasteiger partial charge in [-0.2, -0.15) is 8.78 Å². The number of amides is 1. The van der Waals surface area contributed by atoms with E-state index in [0.717, 1.165) is 0 Å². The number of hydrogen-bond acceptors (Lipinski definition) is 4. The van der Waals surface area contributed by atoms with Crippen molar-refractivity contribution in [2.75, 3.05) is 20.7 Å². The maximum atomic E-state index is 12.3. The van der Waals surface area contributed by atoms with Crippen LogP contribution < -0.4 is 20.5 Å². The highest BCUT2D eigenvalue weighted by molar-refractivity contribution is 5.78. The van der Waals surface area contributed by atoms with Gasteiger partial charge in [-0.05, 0) is 24.1 Å². The molecule has 1 aromatic rings. The van der Waals surface area contributed by atoms with E-state index in [9.17, 15) is 13.6 Å². The Kier molecular flexibility index (Phi) is 6.17. The normalized spacial score (nSPS) is 12.1. The van der Waals surface area contributed by atoms with Crippen molar-refractivity contribution >= 4 is 5.91 Å². The van der Waals surface area contributed by atoms with E-state index in [2.05, 4.69) is 10.1 Å². The van der Waals surface area contributed by atoms with Crippen LogP contribution in [0.15, 0.2) is 18.2 Å². The maximum Gasteiger partial charge on any atom is 0.387 e. The van der Waals surface area contributed by atoms with E-state index in [4.69, 9.17) is 10.5 Å². The predicted octanol–water partition coefficient (Wildman–Crippen LogP) is 1.16. The summed E-state index contributed by atoms with van der Waals surface area (Å²) < 4.78 is 34.0. The Labute approximate surface area is 116 Å². The first-order chi connectivity index (χ1) is 9.51. The SMILES string of the molecule is CNC(=O)C(CN)Cc1ccc(OC)c(OC(F)F)c1. The number of benzene rings is 1. The molecule has 1 atom stereocenters. The van der Waals surface area contributed by atoms with E-state index in [0.29, 0.717) is 12.0 Å². The predicted molar refractivity (Wildman–Crippen MR) is 69.9 cm³/mol. The highest BCUT2D eigenvalue weighted by Crippen LogP contribution is 2.30. The Bertz CT molecular complexity index is 455. The van der Waals surface area contributed by atoms with Crippen LogP contribution in [0.1, 0.15) is 5.56 Å². The fourth-order valence-corrected chi connectivity index (χ4v) is 1.81. The summed E-state index contributed by atoms with van der Waals surface area (Å²) >= 11 is 0. The van der Waals surface area contributed by atoms with Gasteiger partial charge >= 0.3 is 6.61 Å². The molecule has 1 unspecified atom stereocenters. The summed E-state index contributed by atoms with van der Waals surface area (Å²) in [7, 11) is 2.88. The van der Waals surface area contributed by atoms with Gasteiger partial charge in [-0.25, -0.2) is 0 Å². The fourth-order valence-electron chi connectivity index (χ4n) is 1.81. The van der Waals surface area contributed by atoms with Gasteiger partial charge in [0, 0.05) is 13.6 Å². The van der Waals surface area contributed by atoms with Gasteiger partial charge in [0.1, 0.15) is 0 Å². The van der Waals surface area contributed by atoms with E-state index >= 15 is 0 Å². The van der Waals surface area contributed by atoms with Gasteiger partial charge in [0.25, 0.3) is 0 Å². The summed E-state index contributed by atoms with van der Waals surface area (Å²) in [4.78, 5) is 11.6. The second-order valence-electron chi connectivity index (χ2n) is 4.11. The maximum absolute atomic E-state index is 12.3. The van der Waals surface area contributed by atoms with Gasteiger partial charge in [-0.3, -0.25) is 4.79 Å². The molecule has 1 aromatic carbocycles. The molecule has 0 saturated carbocycles. The van der Waals surface area contributed by atoms with Crippen LogP contribution in [0.25, 0.3) is 0 Å². The molecule has 0 aliphatic rings. The molecule has 1 rings (SSSR count). The van der Waals surface area contributed by atoms with Gasteiger partial charge in [0.15, 0.2) is 11.5 Å². The van der Waals surface area contributed by atoms with E-state index in [-0.39, 0.29) is 24.0 Å². The molecule has 0 saturated heterocycles. The first-order valence-corrected chi connectivity index (χ1v) is 6.05. The fraction of sp³-hybridized carbons (Fsp3) is 0.462. The molecule has 0 aromatic heterocycles. The summed E-state index contributed by atoms with van der Waals surface area (Å²) in [6.07, 6.45) is 0.333. The lowest BCUT2D eigenvalue weighted by Crippen LogP contribution is -2.34. The zero-order valence-corrected chi connectivity index (χ0v) is 11.4. The number of methoxy groups -OCH3 is 1. The van der Waals surface area contributed by atoms with E-state index in [1.165, 1.54) is 26.3 Å². The molecule has 0 bridgehead atoms. The number of ether oxygens (including phenoxy) is 2. The lowest BCUT2D eigenvalue weighted by Gasteiger charge is -2.15. The third-order valence-corrected chi connectivity index (χ3v) is 2.83. The number of rotatable bonds is 7. The second-order valence-corrected chi connectivity index (χ2v) is 4.11. The molecule has 0 fully saturated rings. The Morgan fingerprint density at radius 1 is 1.40 bits per heavy atom. The molecular formula is C13H18F2N2O3. The zero-order chi connectivity index (χ0) is 15.1. The first-order valence-electron chi connectivity index (χ1n) is 6.05. The van der Waals surface area contributed by atoms with Crippen molar-refractivity contribution in [2.45, 2.75) is 13.0 Å². The minimum absolute atomic E-state index is 0.0623. The first kappa shape index (κ1) is 16.2. The Morgan fingerprint density at radius 3 is 2.60 bits per heavy atom. The third kappa shape index (κ3) is 4.34. The van der Waals surface area contributed by atoms with Gasteiger partial charge < -0.3 is 20.5 Å². The number of halogens is 2. The van der Waals surface area contributed by atoms with Crippen LogP contribution in [-0.4, -0.2) is 33.2 Å². The average Bonchev–Trinajstić information content (AvgIpc) is 2.43. The molecular weight excluding hydrogens is 270 g/mol. The molecule has 0 heterocycles. The quantitative estimate of drug-likeness (QED) is 0.789. The van der Waals surface area contributed by atoms with E-state index in [1.807, 2.05) is 0 Å². The monoisotopic (exact) mass is 288 g/mol. The minimum atomic E-state index is -2.94. The average molecular weight is 288 g/mol. The zero-order valence-electron chi connectivity index (χ0n) is 11.4. The second kappa shape index (κ2) is 7.64. The summed E-state index contributed by atoms with van der Waals surface area (Å²) in [6.45, 7) is -2.78. The van der Waals surface area contributed by atoms with Gasteiger partial charge in [0.2, 0.25) is 5.91 Å². The van der Waals surface area contributed by atoms with Crippen molar-refractivity contribution in [1.82, 2.24) is 5.32 Å². The topological polar surface area (TPSA) is 73.6 Å². The van der Waals surface area contributed by atoms with Crippen LogP contribution in [0.3, 0.4) is 0 Å². The standard InChI is InChI=1S/C13H18F2N2O3/c1-17-12(18)9(7-16)5-8-3-4-10(19-2)11(6-8)20-13(14)15/h3-4,6,9,13H,5,7,16H2,1-2H3,(H,17,18). The van der Waals surface area contributed by atoms with Gasteiger partial charge in [0.05, 0.1) is 13.0 Å². The molecule has 7 heteroatoms. The number of alkyl halides is 2. The molecule has 112 valence electrons. The molecule has 0 spiro atoms. The van der Waals surface area contributed by atoms with Crippen LogP contribution in [0, 0.1) is 5.92 Å². The number of nitrogens with one attached hydrogen (secondary N) is 1. The van der Waals surface area contributed by atoms with Crippen molar-refractivity contribution in [3.63, 3.8) is 0 Å². The van der Waals surface area contributed by atoms with Crippen LogP contribution >= 0.6 is 0 Å². The Balaban J connectivity index is 2.93. The molecule has 0 aliphatic carbocycles. The van der Waals surface area contributed by atoms with Crippen molar-refractivity contribution in [3.05, 3.63) is 23.8 Å². The van der Waals surface area contributed by atoms with Crippen molar-refractivity contribution in [1.29, 1.82) is 0 Å². The smallest absolute Gasteiger partial charge is 0.387 e. The van der Waals surface area contributed by atoms with Crippen molar-refractivity contribution in [2.24, 2.45) is 11.7 Å². The summed E-state index contributed by atoms with van der Waals surface area (Å²) in [6, 6.07) is 4.63. The number of nitrogens with two attached hydrogens (primary N) is 1. The molecule has 5 nitrogen and oxygen atoms in total. The van der Waals surface area contributed by atoms with Crippen LogP contribution in [0.2, 0.25) is 0 Å². The molecule has 1 amide bonds. The van der Waals surface area contributed by atoms with E-state index < -0.39 is 12.5 Å². The highest BCUT2D eigenvalue weighted by Gasteiger charge is 2.18. The summed E-state index contributed by atoms with van der Waals surface area (Å²) in [5.41, 5.74) is 6.20. The summed E-state index contributed by atoms with van der Waals surface area (Å²) in [5.74, 6) is -0.474. The van der Waals surface area contributed by atoms with Crippen LogP contribution in [-0.2, 0) is 11.2 Å². The lowest BCUT2D eigenvalue weighted by molar-refractivity contribution is -0.124. The van der Waals surface area contributed by atoms with Crippen LogP contribution in [0.4, 0.5) is 8.78 Å². The Morgan fingerprint density at radius 2 is 2.10 bits per heavy atom. The number of carbonyl (C=O) groups excluding carboxylic acids is 1. The van der Waals surface area contributed by atoms with Crippen LogP contribution in [0.5, 0.6) is 11.5 Å². The van der Waals surface area contributed by atoms with E-state index in [1.54, 1.807) is 6.07 Å². The van der Waals surface area contributed by atoms with Crippen molar-refractivity contribution < 1.29 is 23.0 Å². The van der Waals surface area contributed by atoms with Crippen molar-refractivity contribution in [3.8, 4) is 11.5 Å². The lowest BCUT2D eigenvalue weighted by atomic mass is 9.98. The molecule has 0 aliphatic heterocycles. The van der Waals surface area contributed by atoms with Gasteiger partial charge in [-0.1, -0.05) is 6.07 Å². The summed E-state index contributed by atoms with van der Waals surface area (Å²) in [5, 5.41) is 2.51. The molecule has 20 heavy (non-hydrogen) atoms. The Hall–Kier alpha value is -1.89. The number of hydrogen-bond donors (Lipinski definition) is 2. The molecule has 3 N–H and O–H groups in total. The number of carbonyl (C=O) groups is 1. The largest absolute Gasteiger partial charge is 0.493 e. The molecule has 0 radical (unpaired) electrons. The third-order valence-electron chi connectivity index (χ3n) is 2.83.